The van der Waals surface area contributed by atoms with E-state index in [2.05, 4.69) is 25.5 Å². The molecule has 1 amide bonds. The summed E-state index contributed by atoms with van der Waals surface area (Å²) in [6, 6.07) is 11.5. The van der Waals surface area contributed by atoms with Gasteiger partial charge < -0.3 is 15.0 Å². The van der Waals surface area contributed by atoms with Crippen LogP contribution in [0.2, 0.25) is 0 Å². The highest BCUT2D eigenvalue weighted by atomic mass is 16.5. The summed E-state index contributed by atoms with van der Waals surface area (Å²) in [5.41, 5.74) is 3.63. The summed E-state index contributed by atoms with van der Waals surface area (Å²) >= 11 is 0. The first-order chi connectivity index (χ1) is 16.1. The van der Waals surface area contributed by atoms with Gasteiger partial charge >= 0.3 is 0 Å². The first kappa shape index (κ1) is 22.8. The quantitative estimate of drug-likeness (QED) is 0.555. The second-order valence-corrected chi connectivity index (χ2v) is 8.34. The van der Waals surface area contributed by atoms with E-state index in [1.165, 1.54) is 19.3 Å². The molecular formula is C25H32N6O2. The van der Waals surface area contributed by atoms with Crippen LogP contribution in [0, 0.1) is 13.8 Å². The maximum Gasteiger partial charge on any atom is 0.224 e. The number of carbonyl (C=O) groups is 1. The topological polar surface area (TPSA) is 85.2 Å². The molecule has 3 aromatic rings. The summed E-state index contributed by atoms with van der Waals surface area (Å²) in [5, 5.41) is 16.5. The average molecular weight is 449 g/mol. The van der Waals surface area contributed by atoms with E-state index in [-0.39, 0.29) is 5.91 Å². The van der Waals surface area contributed by atoms with E-state index < -0.39 is 0 Å². The van der Waals surface area contributed by atoms with Crippen LogP contribution < -0.4 is 15.0 Å². The molecule has 33 heavy (non-hydrogen) atoms. The number of carbonyl (C=O) groups excluding carboxylic acids is 1. The number of benzene rings is 1. The number of para-hydroxylation sites is 2. The molecule has 8 heteroatoms. The van der Waals surface area contributed by atoms with Crippen LogP contribution in [0.3, 0.4) is 0 Å². The minimum absolute atomic E-state index is 0.0561. The Morgan fingerprint density at radius 2 is 1.76 bits per heavy atom. The smallest absolute Gasteiger partial charge is 0.224 e. The molecule has 0 atom stereocenters. The van der Waals surface area contributed by atoms with Gasteiger partial charge in [0.1, 0.15) is 5.75 Å². The van der Waals surface area contributed by atoms with E-state index in [0.717, 1.165) is 35.9 Å². The normalized spacial score (nSPS) is 13.7. The number of aromatic nitrogens is 4. The number of hydrogen-bond acceptors (Lipinski definition) is 6. The second-order valence-electron chi connectivity index (χ2n) is 8.34. The highest BCUT2D eigenvalue weighted by molar-refractivity contribution is 5.92. The zero-order valence-corrected chi connectivity index (χ0v) is 19.7. The molecular weight excluding hydrogens is 416 g/mol. The average Bonchev–Trinajstić information content (AvgIpc) is 3.13. The predicted molar refractivity (Wildman–Crippen MR) is 129 cm³/mol. The minimum atomic E-state index is -0.0561. The molecule has 0 aliphatic carbocycles. The van der Waals surface area contributed by atoms with Gasteiger partial charge in [0.2, 0.25) is 5.91 Å². The van der Waals surface area contributed by atoms with Gasteiger partial charge in [-0.25, -0.2) is 4.68 Å². The molecule has 8 nitrogen and oxygen atoms in total. The van der Waals surface area contributed by atoms with Gasteiger partial charge in [-0.3, -0.25) is 4.79 Å². The Balaban J connectivity index is 1.42. The van der Waals surface area contributed by atoms with Crippen LogP contribution in [0.15, 0.2) is 36.4 Å². The fraction of sp³-hybridized carbons (Fsp3) is 0.440. The van der Waals surface area contributed by atoms with Crippen molar-refractivity contribution in [3.63, 3.8) is 0 Å². The minimum Gasteiger partial charge on any atom is -0.492 e. The summed E-state index contributed by atoms with van der Waals surface area (Å²) in [6.45, 7) is 8.53. The van der Waals surface area contributed by atoms with Crippen molar-refractivity contribution in [3.8, 4) is 11.6 Å². The van der Waals surface area contributed by atoms with Gasteiger partial charge in [0.05, 0.1) is 18.0 Å². The van der Waals surface area contributed by atoms with Crippen molar-refractivity contribution in [3.05, 3.63) is 53.3 Å². The number of ether oxygens (including phenoxy) is 1. The maximum absolute atomic E-state index is 12.6. The highest BCUT2D eigenvalue weighted by Crippen LogP contribution is 2.25. The molecule has 0 radical (unpaired) electrons. The Morgan fingerprint density at radius 3 is 2.48 bits per heavy atom. The first-order valence-electron chi connectivity index (χ1n) is 11.7. The molecule has 1 saturated heterocycles. The number of anilines is 2. The number of rotatable bonds is 8. The highest BCUT2D eigenvalue weighted by Gasteiger charge is 2.17. The van der Waals surface area contributed by atoms with Gasteiger partial charge in [-0.1, -0.05) is 12.1 Å². The second kappa shape index (κ2) is 10.5. The molecule has 1 aliphatic rings. The summed E-state index contributed by atoms with van der Waals surface area (Å²) < 4.78 is 7.41. The van der Waals surface area contributed by atoms with E-state index in [1.807, 2.05) is 61.9 Å². The molecule has 0 bridgehead atoms. The van der Waals surface area contributed by atoms with Crippen molar-refractivity contribution in [1.82, 2.24) is 20.0 Å². The number of hydrogen-bond donors (Lipinski definition) is 1. The zero-order chi connectivity index (χ0) is 23.2. The van der Waals surface area contributed by atoms with Crippen molar-refractivity contribution in [2.24, 2.45) is 0 Å². The lowest BCUT2D eigenvalue weighted by Crippen LogP contribution is -2.30. The van der Waals surface area contributed by atoms with Gasteiger partial charge in [-0.15, -0.1) is 10.2 Å². The standard InChI is InChI=1S/C25H32N6O2/c1-4-33-22-11-7-6-10-21(22)26-25(32)15-12-20-18(2)29-31(19(20)3)24-14-13-23(27-28-24)30-16-8-5-9-17-30/h6-7,10-11,13-14H,4-5,8-9,12,15-17H2,1-3H3,(H,26,32). The summed E-state index contributed by atoms with van der Waals surface area (Å²) in [6.07, 6.45) is 4.64. The Morgan fingerprint density at radius 1 is 1.03 bits per heavy atom. The number of piperidine rings is 1. The van der Waals surface area contributed by atoms with Gasteiger partial charge in [-0.2, -0.15) is 5.10 Å². The maximum atomic E-state index is 12.6. The molecule has 4 rings (SSSR count). The first-order valence-corrected chi connectivity index (χ1v) is 11.7. The van der Waals surface area contributed by atoms with E-state index in [9.17, 15) is 4.79 Å². The lowest BCUT2D eigenvalue weighted by atomic mass is 10.1. The molecule has 1 aliphatic heterocycles. The van der Waals surface area contributed by atoms with Crippen LogP contribution in [0.4, 0.5) is 11.5 Å². The van der Waals surface area contributed by atoms with Crippen LogP contribution in [0.1, 0.15) is 49.6 Å². The summed E-state index contributed by atoms with van der Waals surface area (Å²) in [7, 11) is 0. The Labute approximate surface area is 195 Å². The van der Waals surface area contributed by atoms with Crippen LogP contribution in [0.5, 0.6) is 5.75 Å². The van der Waals surface area contributed by atoms with Crippen LogP contribution >= 0.6 is 0 Å². The lowest BCUT2D eigenvalue weighted by molar-refractivity contribution is -0.116. The summed E-state index contributed by atoms with van der Waals surface area (Å²) in [4.78, 5) is 14.9. The summed E-state index contributed by atoms with van der Waals surface area (Å²) in [5.74, 6) is 2.24. The van der Waals surface area contributed by atoms with Gasteiger partial charge in [0, 0.05) is 25.2 Å². The Bertz CT molecular complexity index is 1090. The largest absolute Gasteiger partial charge is 0.492 e. The molecule has 2 aromatic heterocycles. The molecule has 1 N–H and O–H groups in total. The van der Waals surface area contributed by atoms with Crippen molar-refractivity contribution in [2.75, 3.05) is 29.9 Å². The van der Waals surface area contributed by atoms with Crippen LogP contribution in [-0.4, -0.2) is 45.6 Å². The van der Waals surface area contributed by atoms with Crippen LogP contribution in [-0.2, 0) is 11.2 Å². The molecule has 0 spiro atoms. The van der Waals surface area contributed by atoms with Crippen LogP contribution in [0.25, 0.3) is 5.82 Å². The van der Waals surface area contributed by atoms with E-state index in [4.69, 9.17) is 4.74 Å². The van der Waals surface area contributed by atoms with Crippen molar-refractivity contribution >= 4 is 17.4 Å². The van der Waals surface area contributed by atoms with E-state index >= 15 is 0 Å². The van der Waals surface area contributed by atoms with Crippen molar-refractivity contribution in [1.29, 1.82) is 0 Å². The van der Waals surface area contributed by atoms with Crippen molar-refractivity contribution < 1.29 is 9.53 Å². The third-order valence-electron chi connectivity index (χ3n) is 6.04. The molecule has 0 saturated carbocycles. The molecule has 174 valence electrons. The molecule has 0 unspecified atom stereocenters. The van der Waals surface area contributed by atoms with E-state index in [1.54, 1.807) is 0 Å². The zero-order valence-electron chi connectivity index (χ0n) is 19.7. The van der Waals surface area contributed by atoms with Gasteiger partial charge in [0.15, 0.2) is 11.6 Å². The number of nitrogens with zero attached hydrogens (tertiary/aromatic N) is 5. The fourth-order valence-electron chi connectivity index (χ4n) is 4.29. The van der Waals surface area contributed by atoms with Gasteiger partial charge in [-0.05, 0) is 76.3 Å². The van der Waals surface area contributed by atoms with E-state index in [0.29, 0.717) is 36.7 Å². The molecule has 3 heterocycles. The monoisotopic (exact) mass is 448 g/mol. The van der Waals surface area contributed by atoms with Crippen molar-refractivity contribution in [2.45, 2.75) is 52.9 Å². The number of nitrogens with one attached hydrogen (secondary N) is 1. The Hall–Kier alpha value is -3.42. The molecule has 1 fully saturated rings. The van der Waals surface area contributed by atoms with Gasteiger partial charge in [0.25, 0.3) is 0 Å². The SMILES string of the molecule is CCOc1ccccc1NC(=O)CCc1c(C)nn(-c2ccc(N3CCCCC3)nn2)c1C. The number of amides is 1. The number of aryl methyl sites for hydroxylation is 1. The lowest BCUT2D eigenvalue weighted by Gasteiger charge is -2.27. The molecule has 1 aromatic carbocycles. The third-order valence-corrected chi connectivity index (χ3v) is 6.04. The predicted octanol–water partition coefficient (Wildman–Crippen LogP) is 4.24. The fourth-order valence-corrected chi connectivity index (χ4v) is 4.29. The Kier molecular flexibility index (Phi) is 7.22. The third kappa shape index (κ3) is 5.32.